The largest absolute Gasteiger partial charge is 0.416 e. The van der Waals surface area contributed by atoms with E-state index in [4.69, 9.17) is 5.11 Å². The van der Waals surface area contributed by atoms with Crippen LogP contribution >= 0.6 is 0 Å². The van der Waals surface area contributed by atoms with E-state index < -0.39 is 11.7 Å². The van der Waals surface area contributed by atoms with Crippen molar-refractivity contribution in [2.45, 2.75) is 19.5 Å². The minimum atomic E-state index is -4.35. The van der Waals surface area contributed by atoms with Crippen molar-refractivity contribution in [2.24, 2.45) is 0 Å². The van der Waals surface area contributed by atoms with Crippen LogP contribution in [0.5, 0.6) is 0 Å². The molecular weight excluding hydrogens is 217 g/mol. The average molecular weight is 228 g/mol. The summed E-state index contributed by atoms with van der Waals surface area (Å²) < 4.78 is 37.3. The van der Waals surface area contributed by atoms with Crippen molar-refractivity contribution in [3.05, 3.63) is 34.9 Å². The highest BCUT2D eigenvalue weighted by Crippen LogP contribution is 2.30. The van der Waals surface area contributed by atoms with Crippen molar-refractivity contribution >= 4 is 0 Å². The van der Waals surface area contributed by atoms with Crippen LogP contribution in [0, 0.1) is 18.8 Å². The van der Waals surface area contributed by atoms with E-state index in [2.05, 4.69) is 11.8 Å². The first-order chi connectivity index (χ1) is 7.43. The molecule has 1 aromatic carbocycles. The highest BCUT2D eigenvalue weighted by atomic mass is 19.4. The zero-order chi connectivity index (χ0) is 12.2. The Labute approximate surface area is 91.9 Å². The maximum atomic E-state index is 12.4. The van der Waals surface area contributed by atoms with Crippen molar-refractivity contribution in [3.8, 4) is 11.8 Å². The second-order valence-electron chi connectivity index (χ2n) is 3.36. The maximum absolute atomic E-state index is 12.4. The Balaban J connectivity index is 3.05. The molecule has 1 N–H and O–H groups in total. The summed E-state index contributed by atoms with van der Waals surface area (Å²) in [6.45, 7) is 1.50. The third-order valence-corrected chi connectivity index (χ3v) is 1.87. The molecule has 0 radical (unpaired) electrons. The molecule has 0 spiro atoms. The van der Waals surface area contributed by atoms with Crippen molar-refractivity contribution in [3.63, 3.8) is 0 Å². The normalized spacial score (nSPS) is 10.8. The number of aliphatic hydroxyl groups is 1. The summed E-state index contributed by atoms with van der Waals surface area (Å²) in [6, 6.07) is 3.67. The van der Waals surface area contributed by atoms with Gasteiger partial charge in [0.1, 0.15) is 0 Å². The van der Waals surface area contributed by atoms with E-state index in [0.717, 1.165) is 12.1 Å². The maximum Gasteiger partial charge on any atom is 0.416 e. The highest BCUT2D eigenvalue weighted by molar-refractivity contribution is 5.41. The predicted octanol–water partition coefficient (Wildman–Crippen LogP) is 2.75. The summed E-state index contributed by atoms with van der Waals surface area (Å²) >= 11 is 0. The molecular formula is C12H11F3O. The molecule has 0 atom stereocenters. The predicted molar refractivity (Wildman–Crippen MR) is 54.8 cm³/mol. The van der Waals surface area contributed by atoms with E-state index in [-0.39, 0.29) is 13.0 Å². The lowest BCUT2D eigenvalue weighted by molar-refractivity contribution is -0.137. The number of alkyl halides is 3. The molecule has 0 aliphatic heterocycles. The van der Waals surface area contributed by atoms with Crippen LogP contribution in [0.15, 0.2) is 18.2 Å². The molecule has 0 aliphatic carbocycles. The zero-order valence-electron chi connectivity index (χ0n) is 8.73. The van der Waals surface area contributed by atoms with Crippen LogP contribution in [0.4, 0.5) is 13.2 Å². The summed E-state index contributed by atoms with van der Waals surface area (Å²) in [4.78, 5) is 0. The van der Waals surface area contributed by atoms with Gasteiger partial charge < -0.3 is 5.11 Å². The molecule has 86 valence electrons. The number of aryl methyl sites for hydroxylation is 1. The fourth-order valence-electron chi connectivity index (χ4n) is 1.24. The van der Waals surface area contributed by atoms with Gasteiger partial charge in [-0.1, -0.05) is 11.8 Å². The minimum absolute atomic E-state index is 0.0923. The lowest BCUT2D eigenvalue weighted by Crippen LogP contribution is -2.05. The first-order valence-electron chi connectivity index (χ1n) is 4.72. The van der Waals surface area contributed by atoms with Crippen LogP contribution in [0.3, 0.4) is 0 Å². The SMILES string of the molecule is Cc1cc(C#CCCO)cc(C(F)(F)F)c1. The Morgan fingerprint density at radius 3 is 2.50 bits per heavy atom. The molecule has 1 nitrogen and oxygen atoms in total. The van der Waals surface area contributed by atoms with Gasteiger partial charge in [0, 0.05) is 12.0 Å². The molecule has 0 aromatic heterocycles. The summed E-state index contributed by atoms with van der Waals surface area (Å²) in [7, 11) is 0. The molecule has 16 heavy (non-hydrogen) atoms. The second-order valence-corrected chi connectivity index (χ2v) is 3.36. The standard InChI is InChI=1S/C12H11F3O/c1-9-6-10(4-2-3-5-16)8-11(7-9)12(13,14)15/h6-8,16H,3,5H2,1H3. The van der Waals surface area contributed by atoms with Gasteiger partial charge in [-0.05, 0) is 30.7 Å². The second kappa shape index (κ2) is 5.04. The smallest absolute Gasteiger partial charge is 0.395 e. The third-order valence-electron chi connectivity index (χ3n) is 1.87. The van der Waals surface area contributed by atoms with Gasteiger partial charge in [-0.2, -0.15) is 13.2 Å². The van der Waals surface area contributed by atoms with Crippen molar-refractivity contribution in [1.29, 1.82) is 0 Å². The first-order valence-corrected chi connectivity index (χ1v) is 4.72. The van der Waals surface area contributed by atoms with Crippen molar-refractivity contribution in [2.75, 3.05) is 6.61 Å². The van der Waals surface area contributed by atoms with Gasteiger partial charge >= 0.3 is 6.18 Å². The summed E-state index contributed by atoms with van der Waals surface area (Å²) in [5.74, 6) is 5.18. The third kappa shape index (κ3) is 3.59. The van der Waals surface area contributed by atoms with Crippen LogP contribution in [0.25, 0.3) is 0 Å². The Hall–Kier alpha value is -1.47. The van der Waals surface area contributed by atoms with Crippen LogP contribution in [-0.4, -0.2) is 11.7 Å². The fourth-order valence-corrected chi connectivity index (χ4v) is 1.24. The number of hydrogen-bond donors (Lipinski definition) is 1. The molecule has 4 heteroatoms. The van der Waals surface area contributed by atoms with Gasteiger partial charge in [-0.25, -0.2) is 0 Å². The Bertz CT molecular complexity index is 424. The average Bonchev–Trinajstić information content (AvgIpc) is 2.16. The van der Waals surface area contributed by atoms with Crippen LogP contribution in [0.2, 0.25) is 0 Å². The van der Waals surface area contributed by atoms with E-state index >= 15 is 0 Å². The van der Waals surface area contributed by atoms with Gasteiger partial charge in [0.05, 0.1) is 12.2 Å². The van der Waals surface area contributed by atoms with Crippen LogP contribution in [0.1, 0.15) is 23.1 Å². The Kier molecular flexibility index (Phi) is 3.97. The first kappa shape index (κ1) is 12.6. The summed E-state index contributed by atoms with van der Waals surface area (Å²) in [6.07, 6.45) is -4.09. The number of benzene rings is 1. The fraction of sp³-hybridized carbons (Fsp3) is 0.333. The molecule has 0 aliphatic rings. The highest BCUT2D eigenvalue weighted by Gasteiger charge is 2.30. The van der Waals surface area contributed by atoms with Crippen LogP contribution in [-0.2, 0) is 6.18 Å². The molecule has 0 saturated carbocycles. The monoisotopic (exact) mass is 228 g/mol. The molecule has 1 rings (SSSR count). The summed E-state index contributed by atoms with van der Waals surface area (Å²) in [5.41, 5.74) is 0.143. The van der Waals surface area contributed by atoms with Crippen molar-refractivity contribution < 1.29 is 18.3 Å². The van der Waals surface area contributed by atoms with Gasteiger partial charge in [-0.3, -0.25) is 0 Å². The van der Waals surface area contributed by atoms with E-state index in [9.17, 15) is 13.2 Å². The van der Waals surface area contributed by atoms with E-state index in [1.807, 2.05) is 0 Å². The Morgan fingerprint density at radius 1 is 1.25 bits per heavy atom. The number of rotatable bonds is 1. The topological polar surface area (TPSA) is 20.2 Å². The minimum Gasteiger partial charge on any atom is -0.395 e. The summed E-state index contributed by atoms with van der Waals surface area (Å²) in [5, 5.41) is 8.50. The number of halogens is 3. The molecule has 0 unspecified atom stereocenters. The molecule has 0 heterocycles. The molecule has 0 amide bonds. The molecule has 0 bridgehead atoms. The van der Waals surface area contributed by atoms with E-state index in [1.165, 1.54) is 0 Å². The number of hydrogen-bond acceptors (Lipinski definition) is 1. The van der Waals surface area contributed by atoms with Crippen molar-refractivity contribution in [1.82, 2.24) is 0 Å². The van der Waals surface area contributed by atoms with Gasteiger partial charge in [-0.15, -0.1) is 0 Å². The van der Waals surface area contributed by atoms with E-state index in [1.54, 1.807) is 13.0 Å². The quantitative estimate of drug-likeness (QED) is 0.733. The van der Waals surface area contributed by atoms with Crippen LogP contribution < -0.4 is 0 Å². The lowest BCUT2D eigenvalue weighted by atomic mass is 10.1. The molecule has 0 saturated heterocycles. The molecule has 1 aromatic rings. The van der Waals surface area contributed by atoms with Gasteiger partial charge in [0.2, 0.25) is 0 Å². The van der Waals surface area contributed by atoms with Gasteiger partial charge in [0.25, 0.3) is 0 Å². The number of aliphatic hydroxyl groups excluding tert-OH is 1. The van der Waals surface area contributed by atoms with E-state index in [0.29, 0.717) is 11.1 Å². The van der Waals surface area contributed by atoms with Gasteiger partial charge in [0.15, 0.2) is 0 Å². The molecule has 0 fully saturated rings. The lowest BCUT2D eigenvalue weighted by Gasteiger charge is -2.07. The Morgan fingerprint density at radius 2 is 1.94 bits per heavy atom. The zero-order valence-corrected chi connectivity index (χ0v) is 8.73.